The lowest BCUT2D eigenvalue weighted by atomic mass is 9.96. The number of amides is 2. The van der Waals surface area contributed by atoms with Crippen molar-refractivity contribution in [2.24, 2.45) is 0 Å². The zero-order valence-electron chi connectivity index (χ0n) is 20.0. The summed E-state index contributed by atoms with van der Waals surface area (Å²) >= 11 is 0. The lowest BCUT2D eigenvalue weighted by molar-refractivity contribution is -0.124. The molecule has 0 spiro atoms. The van der Waals surface area contributed by atoms with E-state index in [2.05, 4.69) is 30.7 Å². The predicted molar refractivity (Wildman–Crippen MR) is 128 cm³/mol. The number of hydrogen-bond acceptors (Lipinski definition) is 7. The third-order valence-corrected chi connectivity index (χ3v) is 6.24. The number of benzene rings is 2. The summed E-state index contributed by atoms with van der Waals surface area (Å²) in [6.07, 6.45) is 4.95. The van der Waals surface area contributed by atoms with Crippen molar-refractivity contribution in [1.29, 1.82) is 0 Å². The van der Waals surface area contributed by atoms with Crippen molar-refractivity contribution < 1.29 is 22.9 Å². The smallest absolute Gasteiger partial charge is 0.261 e. The van der Waals surface area contributed by atoms with Crippen LogP contribution in [-0.4, -0.2) is 37.5 Å². The minimum absolute atomic E-state index is 0.00504. The Bertz CT molecular complexity index is 1490. The van der Waals surface area contributed by atoms with Gasteiger partial charge in [-0.05, 0) is 49.9 Å². The molecule has 0 bridgehead atoms. The summed E-state index contributed by atoms with van der Waals surface area (Å²) in [5.74, 6) is -1.69. The average Bonchev–Trinajstić information content (AvgIpc) is 3.55. The SMILES string of the molecule is Cc1noc(-c2c(F)cccc2-c2ccc([C@@H](C)NC(=O)C3(NC(=O)c4cncnc4)CC3)c(F)c2)n1. The standard InChI is InChI=1S/C26H22F2N6O3/c1-14(31-25(36)26(8-9-26)33-23(35)17-11-29-13-30-12-17)18-7-6-16(10-21(18)28)19-4-3-5-20(27)22(19)24-32-15(2)34-37-24/h3-7,10-14H,8-9H2,1-2H3,(H,31,36)(H,33,35)/t14-/m1/s1. The zero-order valence-corrected chi connectivity index (χ0v) is 20.0. The van der Waals surface area contributed by atoms with Crippen molar-refractivity contribution in [3.63, 3.8) is 0 Å². The van der Waals surface area contributed by atoms with Crippen LogP contribution < -0.4 is 10.6 Å². The summed E-state index contributed by atoms with van der Waals surface area (Å²) in [6.45, 7) is 3.26. The van der Waals surface area contributed by atoms with Crippen molar-refractivity contribution in [2.75, 3.05) is 0 Å². The summed E-state index contributed by atoms with van der Waals surface area (Å²) in [5, 5.41) is 9.23. The second-order valence-corrected chi connectivity index (χ2v) is 8.90. The number of aryl methyl sites for hydroxylation is 1. The maximum absolute atomic E-state index is 15.2. The first kappa shape index (κ1) is 24.2. The molecule has 0 unspecified atom stereocenters. The van der Waals surface area contributed by atoms with Gasteiger partial charge in [-0.1, -0.05) is 29.4 Å². The molecule has 9 nitrogen and oxygen atoms in total. The highest BCUT2D eigenvalue weighted by Crippen LogP contribution is 2.37. The minimum Gasteiger partial charge on any atom is -0.347 e. The van der Waals surface area contributed by atoms with E-state index in [0.717, 1.165) is 0 Å². The molecule has 37 heavy (non-hydrogen) atoms. The Balaban J connectivity index is 1.34. The first-order valence-electron chi connectivity index (χ1n) is 11.5. The topological polar surface area (TPSA) is 123 Å². The van der Waals surface area contributed by atoms with E-state index in [1.807, 2.05) is 0 Å². The average molecular weight is 504 g/mol. The molecule has 0 saturated heterocycles. The van der Waals surface area contributed by atoms with E-state index >= 15 is 4.39 Å². The molecule has 2 N–H and O–H groups in total. The second kappa shape index (κ2) is 9.49. The van der Waals surface area contributed by atoms with Crippen LogP contribution in [0.2, 0.25) is 0 Å². The molecule has 5 rings (SSSR count). The maximum atomic E-state index is 15.2. The molecule has 0 radical (unpaired) electrons. The summed E-state index contributed by atoms with van der Waals surface area (Å²) in [7, 11) is 0. The summed E-state index contributed by atoms with van der Waals surface area (Å²) in [5.41, 5.74) is 0.283. The Morgan fingerprint density at radius 3 is 2.49 bits per heavy atom. The lowest BCUT2D eigenvalue weighted by Gasteiger charge is -2.21. The number of hydrogen-bond donors (Lipinski definition) is 2. The van der Waals surface area contributed by atoms with E-state index in [-0.39, 0.29) is 22.6 Å². The first-order valence-corrected chi connectivity index (χ1v) is 11.5. The Morgan fingerprint density at radius 2 is 1.84 bits per heavy atom. The molecular weight excluding hydrogens is 482 g/mol. The van der Waals surface area contributed by atoms with Gasteiger partial charge in [-0.25, -0.2) is 18.7 Å². The fourth-order valence-electron chi connectivity index (χ4n) is 4.08. The van der Waals surface area contributed by atoms with E-state index in [4.69, 9.17) is 4.52 Å². The number of aromatic nitrogens is 4. The fraction of sp³-hybridized carbons (Fsp3) is 0.231. The summed E-state index contributed by atoms with van der Waals surface area (Å²) in [4.78, 5) is 37.2. The van der Waals surface area contributed by atoms with Gasteiger partial charge in [0, 0.05) is 18.0 Å². The van der Waals surface area contributed by atoms with Crippen molar-refractivity contribution in [3.05, 3.63) is 83.7 Å². The number of nitrogens with one attached hydrogen (secondary N) is 2. The molecule has 0 aliphatic heterocycles. The van der Waals surface area contributed by atoms with Crippen molar-refractivity contribution in [3.8, 4) is 22.6 Å². The highest BCUT2D eigenvalue weighted by atomic mass is 19.1. The van der Waals surface area contributed by atoms with E-state index in [1.54, 1.807) is 26.0 Å². The van der Waals surface area contributed by atoms with E-state index in [0.29, 0.717) is 29.8 Å². The lowest BCUT2D eigenvalue weighted by Crippen LogP contribution is -2.49. The van der Waals surface area contributed by atoms with E-state index in [9.17, 15) is 14.0 Å². The molecule has 1 aliphatic rings. The van der Waals surface area contributed by atoms with Crippen LogP contribution in [0.3, 0.4) is 0 Å². The van der Waals surface area contributed by atoms with Gasteiger partial charge in [0.2, 0.25) is 5.91 Å². The minimum atomic E-state index is -1.06. The van der Waals surface area contributed by atoms with Crippen molar-refractivity contribution >= 4 is 11.8 Å². The maximum Gasteiger partial charge on any atom is 0.261 e. The van der Waals surface area contributed by atoms with Crippen LogP contribution in [0.5, 0.6) is 0 Å². The van der Waals surface area contributed by atoms with Crippen LogP contribution in [0.4, 0.5) is 8.78 Å². The quantitative estimate of drug-likeness (QED) is 0.391. The number of halogens is 2. The number of carbonyl (C=O) groups is 2. The van der Waals surface area contributed by atoms with Gasteiger partial charge in [-0.3, -0.25) is 9.59 Å². The van der Waals surface area contributed by atoms with Gasteiger partial charge in [0.1, 0.15) is 23.5 Å². The molecule has 1 atom stereocenters. The summed E-state index contributed by atoms with van der Waals surface area (Å²) in [6, 6.07) is 8.14. The van der Waals surface area contributed by atoms with Crippen molar-refractivity contribution in [2.45, 2.75) is 38.3 Å². The van der Waals surface area contributed by atoms with Gasteiger partial charge in [0.25, 0.3) is 11.8 Å². The Morgan fingerprint density at radius 1 is 1.08 bits per heavy atom. The Labute approximate surface area is 210 Å². The van der Waals surface area contributed by atoms with Crippen molar-refractivity contribution in [1.82, 2.24) is 30.7 Å². The molecule has 1 saturated carbocycles. The second-order valence-electron chi connectivity index (χ2n) is 8.90. The molecule has 11 heteroatoms. The third kappa shape index (κ3) is 4.80. The summed E-state index contributed by atoms with van der Waals surface area (Å²) < 4.78 is 35.1. The molecule has 2 aromatic carbocycles. The zero-order chi connectivity index (χ0) is 26.2. The van der Waals surface area contributed by atoms with Crippen LogP contribution in [0.25, 0.3) is 22.6 Å². The Hall–Kier alpha value is -4.54. The van der Waals surface area contributed by atoms with Crippen LogP contribution in [0.1, 0.15) is 47.6 Å². The molecular formula is C26H22F2N6O3. The highest BCUT2D eigenvalue weighted by molar-refractivity contribution is 6.00. The number of carbonyl (C=O) groups excluding carboxylic acids is 2. The van der Waals surface area contributed by atoms with Gasteiger partial charge < -0.3 is 15.2 Å². The normalized spacial score (nSPS) is 14.6. The molecule has 1 fully saturated rings. The van der Waals surface area contributed by atoms with E-state index in [1.165, 1.54) is 43.0 Å². The van der Waals surface area contributed by atoms with Gasteiger partial charge in [-0.2, -0.15) is 4.98 Å². The van der Waals surface area contributed by atoms with Gasteiger partial charge in [0.05, 0.1) is 17.2 Å². The predicted octanol–water partition coefficient (Wildman–Crippen LogP) is 3.92. The number of nitrogens with zero attached hydrogens (tertiary/aromatic N) is 4. The third-order valence-electron chi connectivity index (χ3n) is 6.24. The van der Waals surface area contributed by atoms with Crippen LogP contribution in [0, 0.1) is 18.6 Å². The van der Waals surface area contributed by atoms with Crippen LogP contribution >= 0.6 is 0 Å². The largest absolute Gasteiger partial charge is 0.347 e. The molecule has 2 aromatic heterocycles. The Kier molecular flexibility index (Phi) is 6.20. The highest BCUT2D eigenvalue weighted by Gasteiger charge is 2.51. The van der Waals surface area contributed by atoms with Gasteiger partial charge in [-0.15, -0.1) is 0 Å². The first-order chi connectivity index (χ1) is 17.8. The van der Waals surface area contributed by atoms with Gasteiger partial charge >= 0.3 is 0 Å². The molecule has 1 aliphatic carbocycles. The molecule has 2 amide bonds. The number of rotatable bonds is 7. The van der Waals surface area contributed by atoms with Gasteiger partial charge in [0.15, 0.2) is 5.82 Å². The monoisotopic (exact) mass is 504 g/mol. The fourth-order valence-corrected chi connectivity index (χ4v) is 4.08. The van der Waals surface area contributed by atoms with Crippen LogP contribution in [0.15, 0.2) is 59.6 Å². The van der Waals surface area contributed by atoms with E-state index < -0.39 is 35.0 Å². The molecule has 2 heterocycles. The molecule has 4 aromatic rings. The van der Waals surface area contributed by atoms with Crippen LogP contribution in [-0.2, 0) is 4.79 Å². The molecule has 188 valence electrons.